The van der Waals surface area contributed by atoms with Gasteiger partial charge in [0.15, 0.2) is 10.8 Å². The average Bonchev–Trinajstić information content (AvgIpc) is 3.42. The first-order valence-electron chi connectivity index (χ1n) is 11.3. The Morgan fingerprint density at radius 2 is 2.00 bits per heavy atom. The zero-order valence-electron chi connectivity index (χ0n) is 17.4. The van der Waals surface area contributed by atoms with Gasteiger partial charge in [-0.1, -0.05) is 18.7 Å². The summed E-state index contributed by atoms with van der Waals surface area (Å²) in [6.45, 7) is 4.14. The summed E-state index contributed by atoms with van der Waals surface area (Å²) in [4.78, 5) is 22.5. The van der Waals surface area contributed by atoms with Crippen molar-refractivity contribution in [3.63, 3.8) is 0 Å². The van der Waals surface area contributed by atoms with Crippen molar-refractivity contribution in [3.8, 4) is 0 Å². The number of aromatic nitrogens is 4. The molecule has 0 radical (unpaired) electrons. The molecule has 3 aromatic rings. The summed E-state index contributed by atoms with van der Waals surface area (Å²) in [5.74, 6) is 3.00. The Labute approximate surface area is 184 Å². The number of rotatable bonds is 4. The van der Waals surface area contributed by atoms with E-state index in [0.29, 0.717) is 11.7 Å². The van der Waals surface area contributed by atoms with Gasteiger partial charge in [-0.25, -0.2) is 4.98 Å². The molecule has 0 spiro atoms. The molecule has 1 atom stereocenters. The number of hydrogen-bond acceptors (Lipinski definition) is 6. The fourth-order valence-electron chi connectivity index (χ4n) is 4.91. The Kier molecular flexibility index (Phi) is 4.75. The van der Waals surface area contributed by atoms with Gasteiger partial charge >= 0.3 is 0 Å². The van der Waals surface area contributed by atoms with Gasteiger partial charge in [-0.2, -0.15) is 0 Å². The van der Waals surface area contributed by atoms with Gasteiger partial charge in [0.2, 0.25) is 5.91 Å². The van der Waals surface area contributed by atoms with Crippen molar-refractivity contribution in [2.75, 3.05) is 18.8 Å². The van der Waals surface area contributed by atoms with Crippen LogP contribution in [0.2, 0.25) is 0 Å². The van der Waals surface area contributed by atoms with Crippen LogP contribution in [0.15, 0.2) is 5.16 Å². The van der Waals surface area contributed by atoms with E-state index in [0.717, 1.165) is 66.1 Å². The van der Waals surface area contributed by atoms with Crippen LogP contribution in [-0.2, 0) is 17.6 Å². The van der Waals surface area contributed by atoms with Gasteiger partial charge in [0.1, 0.15) is 10.7 Å². The van der Waals surface area contributed by atoms with Crippen LogP contribution in [-0.4, -0.2) is 49.2 Å². The van der Waals surface area contributed by atoms with E-state index in [2.05, 4.69) is 21.5 Å². The van der Waals surface area contributed by atoms with Crippen LogP contribution in [0.1, 0.15) is 67.6 Å². The van der Waals surface area contributed by atoms with Crippen LogP contribution < -0.4 is 0 Å². The number of thioether (sulfide) groups is 1. The first-order valence-corrected chi connectivity index (χ1v) is 13.1. The monoisotopic (exact) mass is 441 g/mol. The maximum atomic E-state index is 12.7. The first-order chi connectivity index (χ1) is 14.7. The molecule has 0 unspecified atom stereocenters. The van der Waals surface area contributed by atoms with Gasteiger partial charge in [-0.3, -0.25) is 9.20 Å². The number of likely N-dealkylation sites (tertiary alicyclic amines) is 1. The second kappa shape index (κ2) is 7.48. The highest BCUT2D eigenvalue weighted by Gasteiger charge is 2.32. The molecule has 6 nitrogen and oxygen atoms in total. The van der Waals surface area contributed by atoms with Gasteiger partial charge < -0.3 is 4.90 Å². The minimum Gasteiger partial charge on any atom is -0.342 e. The molecule has 1 saturated carbocycles. The lowest BCUT2D eigenvalue weighted by Crippen LogP contribution is -2.36. The largest absolute Gasteiger partial charge is 0.342 e. The molecular formula is C22H27N5OS2. The highest BCUT2D eigenvalue weighted by molar-refractivity contribution is 7.99. The van der Waals surface area contributed by atoms with Crippen molar-refractivity contribution >= 4 is 44.9 Å². The average molecular weight is 442 g/mol. The zero-order valence-corrected chi connectivity index (χ0v) is 19.0. The summed E-state index contributed by atoms with van der Waals surface area (Å²) in [6.07, 6.45) is 9.35. The number of thiophene rings is 1. The molecule has 4 heterocycles. The standard InChI is InChI=1S/C22H27N5OS2/c1-13-5-8-15-16(11-13)30-21-18(15)20-24-25-22(27(20)19(23-21)14-6-7-14)29-12-17(28)26-9-3-2-4-10-26/h13-14H,2-12H2,1H3/t13-/m0/s1. The molecule has 1 saturated heterocycles. The molecule has 3 aliphatic rings. The maximum absolute atomic E-state index is 12.7. The summed E-state index contributed by atoms with van der Waals surface area (Å²) < 4.78 is 2.18. The lowest BCUT2D eigenvalue weighted by Gasteiger charge is -2.26. The van der Waals surface area contributed by atoms with Gasteiger partial charge in [0.05, 0.1) is 11.1 Å². The van der Waals surface area contributed by atoms with E-state index in [9.17, 15) is 4.79 Å². The third-order valence-corrected chi connectivity index (χ3v) is 8.83. The Hall–Kier alpha value is -1.67. The molecule has 0 N–H and O–H groups in total. The third-order valence-electron chi connectivity index (χ3n) is 6.77. The van der Waals surface area contributed by atoms with Crippen molar-refractivity contribution in [2.45, 2.75) is 69.4 Å². The summed E-state index contributed by atoms with van der Waals surface area (Å²) in [6, 6.07) is 0. The zero-order chi connectivity index (χ0) is 20.2. The summed E-state index contributed by atoms with van der Waals surface area (Å²) in [5, 5.41) is 11.2. The molecule has 158 valence electrons. The normalized spacial score (nSPS) is 22.0. The lowest BCUT2D eigenvalue weighted by molar-refractivity contribution is -0.129. The van der Waals surface area contributed by atoms with E-state index in [-0.39, 0.29) is 5.91 Å². The van der Waals surface area contributed by atoms with Gasteiger partial charge in [-0.15, -0.1) is 21.5 Å². The van der Waals surface area contributed by atoms with E-state index in [1.165, 1.54) is 53.3 Å². The number of hydrogen-bond donors (Lipinski definition) is 0. The van der Waals surface area contributed by atoms with Crippen LogP contribution >= 0.6 is 23.1 Å². The number of piperidine rings is 1. The Bertz CT molecular complexity index is 1130. The second-order valence-corrected chi connectivity index (χ2v) is 11.2. The van der Waals surface area contributed by atoms with E-state index >= 15 is 0 Å². The van der Waals surface area contributed by atoms with Gasteiger partial charge in [0, 0.05) is 23.9 Å². The molecule has 3 aromatic heterocycles. The molecular weight excluding hydrogens is 414 g/mol. The topological polar surface area (TPSA) is 63.4 Å². The Balaban J connectivity index is 1.38. The van der Waals surface area contributed by atoms with Crippen molar-refractivity contribution in [2.24, 2.45) is 5.92 Å². The predicted octanol–water partition coefficient (Wildman–Crippen LogP) is 4.45. The van der Waals surface area contributed by atoms with E-state index in [1.54, 1.807) is 0 Å². The quantitative estimate of drug-likeness (QED) is 0.560. The van der Waals surface area contributed by atoms with Crippen molar-refractivity contribution in [1.29, 1.82) is 0 Å². The van der Waals surface area contributed by atoms with Crippen LogP contribution in [0, 0.1) is 5.92 Å². The number of fused-ring (bicyclic) bond motifs is 5. The first kappa shape index (κ1) is 19.0. The van der Waals surface area contributed by atoms with Crippen LogP contribution in [0.4, 0.5) is 0 Å². The molecule has 6 rings (SSSR count). The fourth-order valence-corrected chi connectivity index (χ4v) is 7.14. The molecule has 2 aliphatic carbocycles. The van der Waals surface area contributed by atoms with Gasteiger partial charge in [0.25, 0.3) is 0 Å². The third kappa shape index (κ3) is 3.23. The molecule has 1 aliphatic heterocycles. The van der Waals surface area contributed by atoms with Crippen LogP contribution in [0.25, 0.3) is 15.9 Å². The lowest BCUT2D eigenvalue weighted by atomic mass is 9.89. The van der Waals surface area contributed by atoms with Crippen LogP contribution in [0.5, 0.6) is 0 Å². The Morgan fingerprint density at radius 1 is 1.17 bits per heavy atom. The summed E-state index contributed by atoms with van der Waals surface area (Å²) >= 11 is 3.39. The fraction of sp³-hybridized carbons (Fsp3) is 0.636. The Morgan fingerprint density at radius 3 is 2.80 bits per heavy atom. The number of nitrogens with zero attached hydrogens (tertiary/aromatic N) is 5. The molecule has 8 heteroatoms. The maximum Gasteiger partial charge on any atom is 0.233 e. The summed E-state index contributed by atoms with van der Waals surface area (Å²) in [5.41, 5.74) is 2.41. The van der Waals surface area contributed by atoms with Crippen LogP contribution in [0.3, 0.4) is 0 Å². The molecule has 1 amide bonds. The number of carbonyl (C=O) groups excluding carboxylic acids is 1. The summed E-state index contributed by atoms with van der Waals surface area (Å²) in [7, 11) is 0. The van der Waals surface area contributed by atoms with E-state index in [4.69, 9.17) is 4.98 Å². The number of carbonyl (C=O) groups is 1. The molecule has 2 fully saturated rings. The minimum atomic E-state index is 0.223. The highest BCUT2D eigenvalue weighted by Crippen LogP contribution is 2.44. The predicted molar refractivity (Wildman–Crippen MR) is 120 cm³/mol. The van der Waals surface area contributed by atoms with E-state index < -0.39 is 0 Å². The molecule has 30 heavy (non-hydrogen) atoms. The molecule has 0 bridgehead atoms. The van der Waals surface area contributed by atoms with Crippen molar-refractivity contribution in [3.05, 3.63) is 16.3 Å². The smallest absolute Gasteiger partial charge is 0.233 e. The second-order valence-electron chi connectivity index (χ2n) is 9.15. The number of aryl methyl sites for hydroxylation is 1. The number of amides is 1. The SMILES string of the molecule is C[C@H]1CCc2c(sc3nc(C4CC4)n4c(SCC(=O)N5CCCCC5)nnc4c23)C1. The molecule has 0 aromatic carbocycles. The van der Waals surface area contributed by atoms with Gasteiger partial charge in [-0.05, 0) is 62.8 Å². The minimum absolute atomic E-state index is 0.223. The van der Waals surface area contributed by atoms with E-state index in [1.807, 2.05) is 16.2 Å². The van der Waals surface area contributed by atoms with Crippen molar-refractivity contribution in [1.82, 2.24) is 24.5 Å². The highest BCUT2D eigenvalue weighted by atomic mass is 32.2. The van der Waals surface area contributed by atoms with Crippen molar-refractivity contribution < 1.29 is 4.79 Å².